The number of hydrogen-bond acceptors (Lipinski definition) is 7. The van der Waals surface area contributed by atoms with Crippen LogP contribution in [0, 0.1) is 5.92 Å². The minimum atomic E-state index is -5.08. The van der Waals surface area contributed by atoms with Crippen LogP contribution in [-0.2, 0) is 28.8 Å². The molecule has 1 unspecified atom stereocenters. The van der Waals surface area contributed by atoms with Crippen molar-refractivity contribution < 1.29 is 52.2 Å². The molecular formula is C23H36F3N5O8. The topological polar surface area (TPSA) is 208 Å². The number of rotatable bonds is 15. The maximum absolute atomic E-state index is 12.5. The number of nitrogens with two attached hydrogens (primary N) is 1. The lowest BCUT2D eigenvalue weighted by molar-refractivity contribution is -0.192. The van der Waals surface area contributed by atoms with Crippen molar-refractivity contribution in [2.45, 2.75) is 51.7 Å². The van der Waals surface area contributed by atoms with E-state index in [9.17, 15) is 37.1 Å². The van der Waals surface area contributed by atoms with Crippen molar-refractivity contribution >= 4 is 35.6 Å². The summed E-state index contributed by atoms with van der Waals surface area (Å²) < 4.78 is 31.7. The molecule has 0 aromatic heterocycles. The summed E-state index contributed by atoms with van der Waals surface area (Å²) in [5.41, 5.74) is 4.99. The monoisotopic (exact) mass is 567 g/mol. The van der Waals surface area contributed by atoms with E-state index in [-0.39, 0.29) is 37.5 Å². The van der Waals surface area contributed by atoms with Crippen LogP contribution in [0.4, 0.5) is 13.2 Å². The summed E-state index contributed by atoms with van der Waals surface area (Å²) in [6.07, 6.45) is -0.690. The average molecular weight is 568 g/mol. The van der Waals surface area contributed by atoms with Crippen LogP contribution < -0.4 is 21.7 Å². The minimum Gasteiger partial charge on any atom is -0.478 e. The van der Waals surface area contributed by atoms with Crippen LogP contribution >= 0.6 is 0 Å². The predicted octanol–water partition coefficient (Wildman–Crippen LogP) is 0.125. The van der Waals surface area contributed by atoms with Gasteiger partial charge in [0.05, 0.1) is 18.8 Å². The van der Waals surface area contributed by atoms with Gasteiger partial charge < -0.3 is 36.8 Å². The molecule has 13 nitrogen and oxygen atoms in total. The lowest BCUT2D eigenvalue weighted by Gasteiger charge is -2.21. The molecule has 7 N–H and O–H groups in total. The van der Waals surface area contributed by atoms with E-state index in [1.165, 1.54) is 13.1 Å². The zero-order valence-electron chi connectivity index (χ0n) is 22.0. The summed E-state index contributed by atoms with van der Waals surface area (Å²) in [4.78, 5) is 69.2. The van der Waals surface area contributed by atoms with E-state index in [1.807, 2.05) is 13.8 Å². The Bertz CT molecular complexity index is 905. The lowest BCUT2D eigenvalue weighted by atomic mass is 10.0. The number of allylic oxidation sites excluding steroid dienone is 1. The maximum Gasteiger partial charge on any atom is 0.490 e. The summed E-state index contributed by atoms with van der Waals surface area (Å²) in [6, 6.07) is -1.05. The molecule has 0 rings (SSSR count). The van der Waals surface area contributed by atoms with E-state index in [0.29, 0.717) is 12.5 Å². The molecule has 0 aliphatic heterocycles. The standard InChI is InChI=1S/C21H35N5O6.C2HF3O2/c1-5-15(6-2)12-23-18(28)13-26(4)21(32)14(3)24-20(31)16(25-17(27)11-22)9-7-8-10-19(29)30;3-2(4,5)1(6)7/h8,10,15-16H,3,5-7,9,11-13,22H2,1-2,4H3,(H,23,28)(H,24,31)(H,25,27)(H,29,30);(H,6,7). The second-order valence-electron chi connectivity index (χ2n) is 8.06. The van der Waals surface area contributed by atoms with Gasteiger partial charge in [-0.25, -0.2) is 9.59 Å². The van der Waals surface area contributed by atoms with Gasteiger partial charge in [-0.1, -0.05) is 39.3 Å². The van der Waals surface area contributed by atoms with Gasteiger partial charge in [0.25, 0.3) is 5.91 Å². The lowest BCUT2D eigenvalue weighted by Crippen LogP contribution is -2.50. The highest BCUT2D eigenvalue weighted by molar-refractivity contribution is 6.00. The second kappa shape index (κ2) is 19.2. The third kappa shape index (κ3) is 18.0. The van der Waals surface area contributed by atoms with Gasteiger partial charge in [-0.05, 0) is 18.8 Å². The first-order chi connectivity index (χ1) is 18.0. The number of alkyl halides is 3. The fraction of sp³-hybridized carbons (Fsp3) is 0.565. The maximum atomic E-state index is 12.5. The Balaban J connectivity index is 0. The number of carboxylic acids is 2. The van der Waals surface area contributed by atoms with Gasteiger partial charge in [-0.15, -0.1) is 0 Å². The van der Waals surface area contributed by atoms with Crippen LogP contribution in [0.3, 0.4) is 0 Å². The first-order valence-corrected chi connectivity index (χ1v) is 11.7. The molecule has 0 bridgehead atoms. The molecule has 39 heavy (non-hydrogen) atoms. The Hall–Kier alpha value is -3.95. The Morgan fingerprint density at radius 2 is 1.59 bits per heavy atom. The Morgan fingerprint density at radius 3 is 2.03 bits per heavy atom. The summed E-state index contributed by atoms with van der Waals surface area (Å²) in [7, 11) is 1.40. The van der Waals surface area contributed by atoms with Crippen molar-refractivity contribution in [2.24, 2.45) is 11.7 Å². The van der Waals surface area contributed by atoms with E-state index in [1.54, 1.807) is 0 Å². The molecule has 0 saturated carbocycles. The number of hydrogen-bond donors (Lipinski definition) is 6. The second-order valence-corrected chi connectivity index (χ2v) is 8.06. The van der Waals surface area contributed by atoms with Crippen molar-refractivity contribution in [2.75, 3.05) is 26.7 Å². The fourth-order valence-corrected chi connectivity index (χ4v) is 2.67. The summed E-state index contributed by atoms with van der Waals surface area (Å²) in [5.74, 6) is -5.82. The van der Waals surface area contributed by atoms with Gasteiger partial charge >= 0.3 is 18.1 Å². The zero-order valence-corrected chi connectivity index (χ0v) is 22.0. The van der Waals surface area contributed by atoms with Gasteiger partial charge in [0.2, 0.25) is 17.7 Å². The fourth-order valence-electron chi connectivity index (χ4n) is 2.67. The average Bonchev–Trinajstić information content (AvgIpc) is 2.85. The summed E-state index contributed by atoms with van der Waals surface area (Å²) >= 11 is 0. The number of nitrogens with one attached hydrogen (secondary N) is 3. The molecule has 1 atom stereocenters. The van der Waals surface area contributed by atoms with Gasteiger partial charge in [-0.3, -0.25) is 19.2 Å². The van der Waals surface area contributed by atoms with Crippen LogP contribution in [0.5, 0.6) is 0 Å². The Labute approximate surface area is 223 Å². The predicted molar refractivity (Wildman–Crippen MR) is 133 cm³/mol. The van der Waals surface area contributed by atoms with Gasteiger partial charge in [-0.2, -0.15) is 13.2 Å². The van der Waals surface area contributed by atoms with Crippen molar-refractivity contribution in [3.63, 3.8) is 0 Å². The van der Waals surface area contributed by atoms with Gasteiger partial charge in [0.15, 0.2) is 0 Å². The Kier molecular flexibility index (Phi) is 18.3. The molecule has 0 fully saturated rings. The first kappa shape index (κ1) is 37.2. The zero-order chi connectivity index (χ0) is 30.8. The van der Waals surface area contributed by atoms with E-state index >= 15 is 0 Å². The normalized spacial score (nSPS) is 11.6. The SMILES string of the molecule is C=C(NC(=O)C(CCC=CC(=O)O)NC(=O)CN)C(=O)N(C)CC(=O)NCC(CC)CC.O=C(O)C(F)(F)F. The van der Waals surface area contributed by atoms with E-state index in [2.05, 4.69) is 22.5 Å². The number of carboxylic acid groups (broad SMARTS) is 2. The summed E-state index contributed by atoms with van der Waals surface area (Å²) in [6.45, 7) is 7.58. The van der Waals surface area contributed by atoms with Crippen molar-refractivity contribution in [1.82, 2.24) is 20.9 Å². The molecule has 0 aliphatic carbocycles. The minimum absolute atomic E-state index is 0.0804. The van der Waals surface area contributed by atoms with Crippen LogP contribution in [0.25, 0.3) is 0 Å². The Morgan fingerprint density at radius 1 is 1.05 bits per heavy atom. The molecule has 0 aromatic rings. The number of halogens is 3. The molecule has 222 valence electrons. The van der Waals surface area contributed by atoms with Crippen molar-refractivity contribution in [1.29, 1.82) is 0 Å². The molecule has 0 heterocycles. The molecule has 0 aliphatic rings. The highest BCUT2D eigenvalue weighted by atomic mass is 19.4. The number of amides is 4. The van der Waals surface area contributed by atoms with Gasteiger partial charge in [0.1, 0.15) is 6.04 Å². The van der Waals surface area contributed by atoms with Crippen LogP contribution in [0.2, 0.25) is 0 Å². The third-order valence-corrected chi connectivity index (χ3v) is 4.96. The molecule has 4 amide bonds. The van der Waals surface area contributed by atoms with Crippen molar-refractivity contribution in [3.8, 4) is 0 Å². The highest BCUT2D eigenvalue weighted by Crippen LogP contribution is 2.13. The van der Waals surface area contributed by atoms with Crippen LogP contribution in [-0.4, -0.2) is 89.6 Å². The molecule has 0 aromatic carbocycles. The third-order valence-electron chi connectivity index (χ3n) is 4.96. The van der Waals surface area contributed by atoms with E-state index in [4.69, 9.17) is 20.7 Å². The number of nitrogens with zero attached hydrogens (tertiary/aromatic N) is 1. The number of carbonyl (C=O) groups excluding carboxylic acids is 4. The molecule has 0 radical (unpaired) electrons. The van der Waals surface area contributed by atoms with E-state index in [0.717, 1.165) is 23.8 Å². The van der Waals surface area contributed by atoms with Gasteiger partial charge in [0, 0.05) is 19.7 Å². The van der Waals surface area contributed by atoms with Crippen molar-refractivity contribution in [3.05, 3.63) is 24.4 Å². The van der Waals surface area contributed by atoms with Crippen LogP contribution in [0.1, 0.15) is 39.5 Å². The number of aliphatic carboxylic acids is 2. The molecule has 0 saturated heterocycles. The molecule has 16 heteroatoms. The molecular weight excluding hydrogens is 531 g/mol. The largest absolute Gasteiger partial charge is 0.490 e. The highest BCUT2D eigenvalue weighted by Gasteiger charge is 2.38. The smallest absolute Gasteiger partial charge is 0.478 e. The van der Waals surface area contributed by atoms with E-state index < -0.39 is 41.9 Å². The summed E-state index contributed by atoms with van der Waals surface area (Å²) in [5, 5.41) is 23.3. The number of likely N-dealkylation sites (N-methyl/N-ethyl adjacent to an activating group) is 1. The quantitative estimate of drug-likeness (QED) is 0.148. The van der Waals surface area contributed by atoms with Crippen LogP contribution in [0.15, 0.2) is 24.4 Å². The number of carbonyl (C=O) groups is 6. The first-order valence-electron chi connectivity index (χ1n) is 11.7. The molecule has 0 spiro atoms.